The van der Waals surface area contributed by atoms with E-state index in [4.69, 9.17) is 10.6 Å². The monoisotopic (exact) mass is 394 g/mol. The molecule has 0 aliphatic heterocycles. The van der Waals surface area contributed by atoms with Crippen LogP contribution in [0, 0.1) is 20.8 Å². The van der Waals surface area contributed by atoms with Crippen molar-refractivity contribution in [3.8, 4) is 0 Å². The van der Waals surface area contributed by atoms with E-state index < -0.39 is 0 Å². The molecule has 0 spiro atoms. The van der Waals surface area contributed by atoms with E-state index in [-0.39, 0.29) is 6.04 Å². The summed E-state index contributed by atoms with van der Waals surface area (Å²) in [5.41, 5.74) is 12.5. The molecule has 2 aromatic carbocycles. The van der Waals surface area contributed by atoms with Gasteiger partial charge < -0.3 is 10.6 Å². The summed E-state index contributed by atoms with van der Waals surface area (Å²) in [6.45, 7) is 9.08. The molecule has 1 heterocycles. The second-order valence-electron chi connectivity index (χ2n) is 7.29. The van der Waals surface area contributed by atoms with Crippen LogP contribution in [0.15, 0.2) is 64.4 Å². The Bertz CT molecular complexity index is 901. The van der Waals surface area contributed by atoms with E-state index in [0.717, 1.165) is 29.8 Å². The fourth-order valence-corrected chi connectivity index (χ4v) is 4.43. The minimum atomic E-state index is -0.0545. The van der Waals surface area contributed by atoms with Crippen molar-refractivity contribution in [3.63, 3.8) is 0 Å². The summed E-state index contributed by atoms with van der Waals surface area (Å²) in [6.07, 6.45) is 1.97. The Morgan fingerprint density at radius 3 is 2.32 bits per heavy atom. The summed E-state index contributed by atoms with van der Waals surface area (Å²) >= 11 is 1.78. The summed E-state index contributed by atoms with van der Waals surface area (Å²) < 4.78 is 1.97. The SMILES string of the molecule is CCCC(N)c1c(Sc2ccc(C)cc2)c(C)c(C)n1OCc1ccccc1. The van der Waals surface area contributed by atoms with Gasteiger partial charge in [-0.1, -0.05) is 73.1 Å². The van der Waals surface area contributed by atoms with Crippen LogP contribution < -0.4 is 10.6 Å². The summed E-state index contributed by atoms with van der Waals surface area (Å²) in [4.78, 5) is 8.70. The van der Waals surface area contributed by atoms with Crippen LogP contribution in [0.25, 0.3) is 0 Å². The molecule has 28 heavy (non-hydrogen) atoms. The Kier molecular flexibility index (Phi) is 6.87. The Labute approximate surface area is 172 Å². The van der Waals surface area contributed by atoms with Crippen molar-refractivity contribution in [2.45, 2.75) is 63.0 Å². The van der Waals surface area contributed by atoms with E-state index in [1.807, 2.05) is 22.9 Å². The van der Waals surface area contributed by atoms with Crippen LogP contribution in [0.5, 0.6) is 0 Å². The van der Waals surface area contributed by atoms with Gasteiger partial charge >= 0.3 is 0 Å². The van der Waals surface area contributed by atoms with Gasteiger partial charge in [-0.05, 0) is 50.5 Å². The summed E-state index contributed by atoms with van der Waals surface area (Å²) in [7, 11) is 0. The summed E-state index contributed by atoms with van der Waals surface area (Å²) in [5, 5.41) is 0. The van der Waals surface area contributed by atoms with Crippen molar-refractivity contribution >= 4 is 11.8 Å². The first-order valence-corrected chi connectivity index (χ1v) is 10.7. The molecule has 3 nitrogen and oxygen atoms in total. The molecule has 3 aromatic rings. The van der Waals surface area contributed by atoms with E-state index in [9.17, 15) is 0 Å². The zero-order valence-electron chi connectivity index (χ0n) is 17.2. The maximum absolute atomic E-state index is 6.62. The van der Waals surface area contributed by atoms with Gasteiger partial charge in [0.25, 0.3) is 0 Å². The van der Waals surface area contributed by atoms with Gasteiger partial charge in [0, 0.05) is 15.8 Å². The molecular formula is C24H30N2OS. The minimum absolute atomic E-state index is 0.0545. The number of aryl methyl sites for hydroxylation is 1. The normalized spacial score (nSPS) is 12.2. The second-order valence-corrected chi connectivity index (χ2v) is 8.37. The van der Waals surface area contributed by atoms with Gasteiger partial charge in [-0.25, -0.2) is 0 Å². The molecule has 2 N–H and O–H groups in total. The van der Waals surface area contributed by atoms with Crippen LogP contribution in [0.1, 0.15) is 53.9 Å². The maximum atomic E-state index is 6.62. The van der Waals surface area contributed by atoms with E-state index >= 15 is 0 Å². The van der Waals surface area contributed by atoms with Crippen molar-refractivity contribution < 1.29 is 4.84 Å². The smallest absolute Gasteiger partial charge is 0.140 e. The van der Waals surface area contributed by atoms with Crippen molar-refractivity contribution in [1.29, 1.82) is 0 Å². The van der Waals surface area contributed by atoms with E-state index in [1.165, 1.54) is 20.9 Å². The number of nitrogens with two attached hydrogens (primary N) is 1. The second kappa shape index (κ2) is 9.35. The topological polar surface area (TPSA) is 40.2 Å². The molecule has 0 bridgehead atoms. The Hall–Kier alpha value is -2.17. The first-order chi connectivity index (χ1) is 13.5. The van der Waals surface area contributed by atoms with Gasteiger partial charge in [-0.15, -0.1) is 0 Å². The third-order valence-corrected chi connectivity index (χ3v) is 6.26. The van der Waals surface area contributed by atoms with Gasteiger partial charge in [0.05, 0.1) is 11.4 Å². The molecule has 0 fully saturated rings. The number of hydrogen-bond acceptors (Lipinski definition) is 3. The van der Waals surface area contributed by atoms with Crippen LogP contribution in [0.3, 0.4) is 0 Å². The largest absolute Gasteiger partial charge is 0.409 e. The van der Waals surface area contributed by atoms with Gasteiger partial charge in [-0.2, -0.15) is 4.73 Å². The zero-order chi connectivity index (χ0) is 20.1. The highest BCUT2D eigenvalue weighted by molar-refractivity contribution is 7.99. The number of hydrogen-bond donors (Lipinski definition) is 1. The fourth-order valence-electron chi connectivity index (χ4n) is 3.28. The number of aromatic nitrogens is 1. The first-order valence-electron chi connectivity index (χ1n) is 9.90. The standard InChI is InChI=1S/C24H30N2OS/c1-5-9-22(25)23-24(28-21-14-12-17(2)13-15-21)18(3)19(4)26(23)27-16-20-10-7-6-8-11-20/h6-8,10-15,22H,5,9,16,25H2,1-4H3. The fraction of sp³-hybridized carbons (Fsp3) is 0.333. The average Bonchev–Trinajstić information content (AvgIpc) is 2.93. The lowest BCUT2D eigenvalue weighted by atomic mass is 10.1. The molecule has 0 saturated carbocycles. The molecule has 0 aliphatic carbocycles. The number of benzene rings is 2. The lowest BCUT2D eigenvalue weighted by molar-refractivity contribution is 0.0836. The maximum Gasteiger partial charge on any atom is 0.140 e. The van der Waals surface area contributed by atoms with Crippen molar-refractivity contribution in [3.05, 3.63) is 82.7 Å². The quantitative estimate of drug-likeness (QED) is 0.510. The molecule has 1 atom stereocenters. The van der Waals surface area contributed by atoms with Crippen molar-refractivity contribution in [2.75, 3.05) is 0 Å². The van der Waals surface area contributed by atoms with Gasteiger partial charge in [0.1, 0.15) is 6.61 Å². The highest BCUT2D eigenvalue weighted by Crippen LogP contribution is 2.39. The molecular weight excluding hydrogens is 364 g/mol. The predicted octanol–water partition coefficient (Wildman–Crippen LogP) is 5.99. The van der Waals surface area contributed by atoms with E-state index in [2.05, 4.69) is 64.1 Å². The van der Waals surface area contributed by atoms with Gasteiger partial charge in [0.2, 0.25) is 0 Å². The van der Waals surface area contributed by atoms with E-state index in [1.54, 1.807) is 11.8 Å². The number of nitrogens with zero attached hydrogens (tertiary/aromatic N) is 1. The van der Waals surface area contributed by atoms with Crippen LogP contribution >= 0.6 is 11.8 Å². The van der Waals surface area contributed by atoms with Gasteiger partial charge in [0.15, 0.2) is 0 Å². The van der Waals surface area contributed by atoms with Crippen LogP contribution in [0.4, 0.5) is 0 Å². The molecule has 0 aliphatic rings. The molecule has 3 rings (SSSR count). The Morgan fingerprint density at radius 1 is 1.00 bits per heavy atom. The van der Waals surface area contributed by atoms with Gasteiger partial charge in [-0.3, -0.25) is 0 Å². The lowest BCUT2D eigenvalue weighted by Gasteiger charge is -2.19. The third kappa shape index (κ3) is 4.62. The highest BCUT2D eigenvalue weighted by Gasteiger charge is 2.24. The predicted molar refractivity (Wildman–Crippen MR) is 118 cm³/mol. The molecule has 0 amide bonds. The summed E-state index contributed by atoms with van der Waals surface area (Å²) in [5.74, 6) is 0. The Balaban J connectivity index is 1.96. The Morgan fingerprint density at radius 2 is 1.68 bits per heavy atom. The number of rotatable bonds is 8. The zero-order valence-corrected chi connectivity index (χ0v) is 18.1. The van der Waals surface area contributed by atoms with E-state index in [0.29, 0.717) is 6.61 Å². The lowest BCUT2D eigenvalue weighted by Crippen LogP contribution is -2.22. The minimum Gasteiger partial charge on any atom is -0.409 e. The first kappa shape index (κ1) is 20.6. The van der Waals surface area contributed by atoms with Crippen LogP contribution in [-0.4, -0.2) is 4.73 Å². The molecule has 1 unspecified atom stereocenters. The third-order valence-electron chi connectivity index (χ3n) is 5.03. The summed E-state index contributed by atoms with van der Waals surface area (Å²) in [6, 6.07) is 18.9. The van der Waals surface area contributed by atoms with Crippen molar-refractivity contribution in [2.24, 2.45) is 5.73 Å². The highest BCUT2D eigenvalue weighted by atomic mass is 32.2. The van der Waals surface area contributed by atoms with Crippen LogP contribution in [-0.2, 0) is 6.61 Å². The molecule has 1 aromatic heterocycles. The molecule has 0 radical (unpaired) electrons. The molecule has 148 valence electrons. The van der Waals surface area contributed by atoms with Crippen LogP contribution in [0.2, 0.25) is 0 Å². The van der Waals surface area contributed by atoms with Crippen molar-refractivity contribution in [1.82, 2.24) is 4.73 Å². The molecule has 0 saturated heterocycles. The molecule has 4 heteroatoms. The average molecular weight is 395 g/mol.